The summed E-state index contributed by atoms with van der Waals surface area (Å²) in [5.41, 5.74) is 0.285. The highest BCUT2D eigenvalue weighted by molar-refractivity contribution is 8.00. The Bertz CT molecular complexity index is 161. The van der Waals surface area contributed by atoms with E-state index < -0.39 is 0 Å². The summed E-state index contributed by atoms with van der Waals surface area (Å²) in [4.78, 5) is 0.222. The fraction of sp³-hybridized carbons (Fsp3) is 1.00. The van der Waals surface area contributed by atoms with E-state index in [1.54, 1.807) is 7.11 Å². The summed E-state index contributed by atoms with van der Waals surface area (Å²) in [5.74, 6) is 1.19. The van der Waals surface area contributed by atoms with E-state index in [1.165, 1.54) is 5.75 Å². The largest absolute Gasteiger partial charge is 0.385 e. The summed E-state index contributed by atoms with van der Waals surface area (Å²) < 4.78 is 5.08. The summed E-state index contributed by atoms with van der Waals surface area (Å²) in [6, 6.07) is 0. The van der Waals surface area contributed by atoms with Gasteiger partial charge in [-0.2, -0.15) is 0 Å². The molecule has 2 nitrogen and oxygen atoms in total. The lowest BCUT2D eigenvalue weighted by Gasteiger charge is -2.27. The van der Waals surface area contributed by atoms with Gasteiger partial charge in [-0.3, -0.25) is 5.32 Å². The van der Waals surface area contributed by atoms with Crippen LogP contribution in [0.5, 0.6) is 0 Å². The van der Waals surface area contributed by atoms with E-state index in [0.29, 0.717) is 0 Å². The van der Waals surface area contributed by atoms with E-state index in [2.05, 4.69) is 26.1 Å². The molecule has 0 aromatic heterocycles. The third kappa shape index (κ3) is 2.64. The van der Waals surface area contributed by atoms with Gasteiger partial charge in [0.1, 0.15) is 0 Å². The number of rotatable bonds is 3. The molecule has 0 amide bonds. The second-order valence-electron chi connectivity index (χ2n) is 4.27. The van der Waals surface area contributed by atoms with Crippen molar-refractivity contribution in [2.24, 2.45) is 0 Å². The van der Waals surface area contributed by atoms with Crippen LogP contribution in [0, 0.1) is 0 Å². The van der Waals surface area contributed by atoms with E-state index in [0.717, 1.165) is 13.0 Å². The molecule has 0 spiro atoms. The van der Waals surface area contributed by atoms with Crippen LogP contribution >= 0.6 is 11.8 Å². The SMILES string of the molecule is COCCC1(C)NC(C)(C)CS1. The van der Waals surface area contributed by atoms with E-state index >= 15 is 0 Å². The van der Waals surface area contributed by atoms with Crippen LogP contribution in [0.4, 0.5) is 0 Å². The molecule has 1 N–H and O–H groups in total. The topological polar surface area (TPSA) is 21.3 Å². The van der Waals surface area contributed by atoms with Crippen LogP contribution in [-0.4, -0.2) is 29.9 Å². The molecule has 3 heteroatoms. The van der Waals surface area contributed by atoms with Gasteiger partial charge in [0.05, 0.1) is 4.87 Å². The van der Waals surface area contributed by atoms with E-state index in [-0.39, 0.29) is 10.4 Å². The first-order chi connectivity index (χ1) is 5.47. The third-order valence-electron chi connectivity index (χ3n) is 2.14. The van der Waals surface area contributed by atoms with Gasteiger partial charge in [-0.15, -0.1) is 11.8 Å². The number of ether oxygens (including phenoxy) is 1. The molecule has 0 radical (unpaired) electrons. The molecule has 0 bridgehead atoms. The third-order valence-corrected chi connectivity index (χ3v) is 3.95. The Morgan fingerprint density at radius 3 is 2.50 bits per heavy atom. The van der Waals surface area contributed by atoms with Gasteiger partial charge in [-0.05, 0) is 27.2 Å². The van der Waals surface area contributed by atoms with Crippen LogP contribution in [0.3, 0.4) is 0 Å². The van der Waals surface area contributed by atoms with Gasteiger partial charge in [0.25, 0.3) is 0 Å². The molecule has 1 fully saturated rings. The molecular formula is C9H19NOS. The Labute approximate surface area is 79.4 Å². The van der Waals surface area contributed by atoms with Gasteiger partial charge in [-0.1, -0.05) is 0 Å². The monoisotopic (exact) mass is 189 g/mol. The predicted molar refractivity (Wildman–Crippen MR) is 54.6 cm³/mol. The van der Waals surface area contributed by atoms with Crippen molar-refractivity contribution < 1.29 is 4.74 Å². The molecule has 12 heavy (non-hydrogen) atoms. The van der Waals surface area contributed by atoms with Gasteiger partial charge in [-0.25, -0.2) is 0 Å². The summed E-state index contributed by atoms with van der Waals surface area (Å²) in [7, 11) is 1.76. The van der Waals surface area contributed by atoms with Crippen LogP contribution in [0.15, 0.2) is 0 Å². The summed E-state index contributed by atoms with van der Waals surface area (Å²) >= 11 is 2.00. The minimum atomic E-state index is 0.222. The maximum atomic E-state index is 5.08. The molecule has 1 heterocycles. The number of hydrogen-bond acceptors (Lipinski definition) is 3. The highest BCUT2D eigenvalue weighted by atomic mass is 32.2. The zero-order valence-electron chi connectivity index (χ0n) is 8.44. The quantitative estimate of drug-likeness (QED) is 0.732. The predicted octanol–water partition coefficient (Wildman–Crippen LogP) is 1.85. The molecule has 1 unspecified atom stereocenters. The van der Waals surface area contributed by atoms with Crippen molar-refractivity contribution in [1.82, 2.24) is 5.32 Å². The maximum absolute atomic E-state index is 5.08. The van der Waals surface area contributed by atoms with E-state index in [1.807, 2.05) is 11.8 Å². The van der Waals surface area contributed by atoms with Gasteiger partial charge in [0, 0.05) is 25.0 Å². The van der Waals surface area contributed by atoms with Gasteiger partial charge >= 0.3 is 0 Å². The molecule has 1 atom stereocenters. The zero-order chi connectivity index (χ0) is 9.24. The number of methoxy groups -OCH3 is 1. The van der Waals surface area contributed by atoms with E-state index in [4.69, 9.17) is 4.74 Å². The van der Waals surface area contributed by atoms with Crippen molar-refractivity contribution in [3.8, 4) is 0 Å². The van der Waals surface area contributed by atoms with Crippen molar-refractivity contribution in [2.75, 3.05) is 19.5 Å². The highest BCUT2D eigenvalue weighted by Crippen LogP contribution is 2.37. The second-order valence-corrected chi connectivity index (χ2v) is 5.75. The molecule has 1 rings (SSSR count). The Balaban J connectivity index is 2.41. The fourth-order valence-electron chi connectivity index (χ4n) is 1.56. The highest BCUT2D eigenvalue weighted by Gasteiger charge is 2.38. The first-order valence-corrected chi connectivity index (χ1v) is 5.38. The first-order valence-electron chi connectivity index (χ1n) is 4.40. The first kappa shape index (κ1) is 10.4. The van der Waals surface area contributed by atoms with Gasteiger partial charge < -0.3 is 4.74 Å². The van der Waals surface area contributed by atoms with Crippen LogP contribution < -0.4 is 5.32 Å². The smallest absolute Gasteiger partial charge is 0.0643 e. The Kier molecular flexibility index (Phi) is 3.07. The average molecular weight is 189 g/mol. The molecule has 0 aliphatic carbocycles. The van der Waals surface area contributed by atoms with Crippen LogP contribution in [0.2, 0.25) is 0 Å². The van der Waals surface area contributed by atoms with E-state index in [9.17, 15) is 0 Å². The maximum Gasteiger partial charge on any atom is 0.0643 e. The lowest BCUT2D eigenvalue weighted by molar-refractivity contribution is 0.176. The van der Waals surface area contributed by atoms with Gasteiger partial charge in [0.15, 0.2) is 0 Å². The summed E-state index contributed by atoms with van der Waals surface area (Å²) in [6.07, 6.45) is 1.08. The van der Waals surface area contributed by atoms with Gasteiger partial charge in [0.2, 0.25) is 0 Å². The van der Waals surface area contributed by atoms with Crippen LogP contribution in [-0.2, 0) is 4.74 Å². The number of nitrogens with one attached hydrogen (secondary N) is 1. The minimum Gasteiger partial charge on any atom is -0.385 e. The lowest BCUT2D eigenvalue weighted by atomic mass is 10.1. The Morgan fingerprint density at radius 2 is 2.08 bits per heavy atom. The zero-order valence-corrected chi connectivity index (χ0v) is 9.25. The van der Waals surface area contributed by atoms with Crippen LogP contribution in [0.1, 0.15) is 27.2 Å². The van der Waals surface area contributed by atoms with Crippen LogP contribution in [0.25, 0.3) is 0 Å². The molecule has 1 saturated heterocycles. The molecule has 0 saturated carbocycles. The Morgan fingerprint density at radius 1 is 1.42 bits per heavy atom. The van der Waals surface area contributed by atoms with Crippen molar-refractivity contribution in [1.29, 1.82) is 0 Å². The lowest BCUT2D eigenvalue weighted by Crippen LogP contribution is -2.45. The molecule has 1 aliphatic heterocycles. The number of hydrogen-bond donors (Lipinski definition) is 1. The standard InChI is InChI=1S/C9H19NOS/c1-8(2)7-12-9(3,10-8)5-6-11-4/h10H,5-7H2,1-4H3. The van der Waals surface area contributed by atoms with Crippen molar-refractivity contribution >= 4 is 11.8 Å². The Hall–Kier alpha value is 0.270. The molecule has 1 aliphatic rings. The molecule has 0 aromatic carbocycles. The van der Waals surface area contributed by atoms with Crippen molar-refractivity contribution in [3.63, 3.8) is 0 Å². The normalized spacial score (nSPS) is 34.0. The molecular weight excluding hydrogens is 170 g/mol. The minimum absolute atomic E-state index is 0.222. The molecule has 0 aromatic rings. The second kappa shape index (κ2) is 3.56. The molecule has 72 valence electrons. The van der Waals surface area contributed by atoms with Crippen molar-refractivity contribution in [2.45, 2.75) is 37.6 Å². The van der Waals surface area contributed by atoms with Crippen molar-refractivity contribution in [3.05, 3.63) is 0 Å². The average Bonchev–Trinajstić information content (AvgIpc) is 2.23. The number of thioether (sulfide) groups is 1. The summed E-state index contributed by atoms with van der Waals surface area (Å²) in [5, 5.41) is 3.62. The summed E-state index contributed by atoms with van der Waals surface area (Å²) in [6.45, 7) is 7.59. The fourth-order valence-corrected chi connectivity index (χ4v) is 2.89.